The molecule has 0 bridgehead atoms. The molecule has 0 radical (unpaired) electrons. The number of rotatable bonds is 5. The van der Waals surface area contributed by atoms with E-state index in [2.05, 4.69) is 20.9 Å². The molecule has 5 nitrogen and oxygen atoms in total. The Hall–Kier alpha value is -2.03. The van der Waals surface area contributed by atoms with E-state index < -0.39 is 11.5 Å². The molecule has 1 aromatic heterocycles. The van der Waals surface area contributed by atoms with E-state index in [-0.39, 0.29) is 29.7 Å². The molecule has 1 saturated heterocycles. The molecule has 5 rings (SSSR count). The zero-order chi connectivity index (χ0) is 23.2. The maximum Gasteiger partial charge on any atom is 0.257 e. The second-order valence-electron chi connectivity index (χ2n) is 7.92. The van der Waals surface area contributed by atoms with Crippen molar-refractivity contribution in [2.75, 3.05) is 13.2 Å². The predicted molar refractivity (Wildman–Crippen MR) is 126 cm³/mol. The number of fused-ring (bicyclic) bond motifs is 1. The molecular weight excluding hydrogens is 534 g/mol. The average molecular weight is 552 g/mol. The number of amides is 1. The van der Waals surface area contributed by atoms with Crippen molar-refractivity contribution in [2.45, 2.75) is 24.8 Å². The Balaban J connectivity index is 1.74. The van der Waals surface area contributed by atoms with Crippen LogP contribution in [0.3, 0.4) is 0 Å². The molecule has 33 heavy (non-hydrogen) atoms. The maximum absolute atomic E-state index is 15.6. The van der Waals surface area contributed by atoms with Crippen LogP contribution < -0.4 is 0 Å². The van der Waals surface area contributed by atoms with E-state index in [1.54, 1.807) is 42.5 Å². The largest absolute Gasteiger partial charge is 0.379 e. The molecule has 3 heterocycles. The van der Waals surface area contributed by atoms with Crippen molar-refractivity contribution in [3.8, 4) is 0 Å². The highest BCUT2D eigenvalue weighted by atomic mass is 79.9. The first-order chi connectivity index (χ1) is 15.9. The number of nitrogens with zero attached hydrogens (tertiary/aromatic N) is 2. The van der Waals surface area contributed by atoms with Crippen LogP contribution in [0.4, 0.5) is 4.39 Å². The van der Waals surface area contributed by atoms with Crippen LogP contribution in [0, 0.1) is 5.82 Å². The lowest BCUT2D eigenvalue weighted by Crippen LogP contribution is -2.49. The first-order valence-electron chi connectivity index (χ1n) is 10.3. The summed E-state index contributed by atoms with van der Waals surface area (Å²) in [6, 6.07) is 13.3. The molecule has 2 aliphatic heterocycles. The first kappa shape index (κ1) is 22.7. The van der Waals surface area contributed by atoms with Gasteiger partial charge in [0.25, 0.3) is 5.91 Å². The summed E-state index contributed by atoms with van der Waals surface area (Å²) in [7, 11) is 0. The zero-order valence-electron chi connectivity index (χ0n) is 17.2. The molecular formula is C24H18BrCl2FN2O3. The Bertz CT molecular complexity index is 1200. The maximum atomic E-state index is 15.6. The predicted octanol–water partition coefficient (Wildman–Crippen LogP) is 5.95. The van der Waals surface area contributed by atoms with Gasteiger partial charge in [-0.2, -0.15) is 0 Å². The molecule has 2 aromatic carbocycles. The van der Waals surface area contributed by atoms with Crippen molar-refractivity contribution in [1.29, 1.82) is 0 Å². The Kier molecular flexibility index (Phi) is 6.18. The summed E-state index contributed by atoms with van der Waals surface area (Å²) >= 11 is 15.5. The van der Waals surface area contributed by atoms with E-state index in [0.29, 0.717) is 45.4 Å². The Morgan fingerprint density at radius 2 is 1.94 bits per heavy atom. The molecule has 0 aliphatic carbocycles. The van der Waals surface area contributed by atoms with Crippen LogP contribution in [0.15, 0.2) is 59.2 Å². The van der Waals surface area contributed by atoms with Crippen LogP contribution in [-0.4, -0.2) is 35.1 Å². The number of carbonyl (C=O) groups excluding carboxylic acids is 1. The highest BCUT2D eigenvalue weighted by Gasteiger charge is 2.55. The minimum absolute atomic E-state index is 0.0813. The van der Waals surface area contributed by atoms with Crippen LogP contribution in [0.2, 0.25) is 10.0 Å². The fraction of sp³-hybridized carbons (Fsp3) is 0.250. The number of benzene rings is 2. The van der Waals surface area contributed by atoms with Crippen molar-refractivity contribution >= 4 is 45.0 Å². The van der Waals surface area contributed by atoms with Gasteiger partial charge < -0.3 is 9.47 Å². The first-order valence-corrected chi connectivity index (χ1v) is 11.9. The number of ether oxygens (including phenoxy) is 2. The SMILES string of the molecule is O=C1c2cc(Br)cc(F)c2C(OC2CCOC2)(c2ccc(Cl)cc2)N1Cc1ccc(Cl)cn1. The van der Waals surface area contributed by atoms with E-state index in [1.165, 1.54) is 17.2 Å². The smallest absolute Gasteiger partial charge is 0.257 e. The third kappa shape index (κ3) is 4.06. The van der Waals surface area contributed by atoms with Crippen LogP contribution in [-0.2, 0) is 21.7 Å². The number of halogens is 4. The van der Waals surface area contributed by atoms with Crippen molar-refractivity contribution in [3.05, 3.63) is 97.4 Å². The van der Waals surface area contributed by atoms with Gasteiger partial charge in [-0.05, 0) is 42.8 Å². The summed E-state index contributed by atoms with van der Waals surface area (Å²) in [5, 5.41) is 0.998. The molecule has 170 valence electrons. The summed E-state index contributed by atoms with van der Waals surface area (Å²) in [5.74, 6) is -0.913. The second kappa shape index (κ2) is 8.96. The van der Waals surface area contributed by atoms with Crippen LogP contribution >= 0.6 is 39.1 Å². The molecule has 2 aliphatic rings. The Labute approximate surface area is 208 Å². The number of aromatic nitrogens is 1. The molecule has 1 amide bonds. The molecule has 0 spiro atoms. The standard InChI is InChI=1S/C24H18BrCl2FN2O3/c25-15-9-20-22(21(28)10-15)24(33-19-7-8-32-13-19,14-1-3-16(26)4-2-14)30(23(20)31)12-18-6-5-17(27)11-29-18/h1-6,9-11,19H,7-8,12-13H2. The van der Waals surface area contributed by atoms with Crippen molar-refractivity contribution in [3.63, 3.8) is 0 Å². The van der Waals surface area contributed by atoms with E-state index in [1.807, 2.05) is 0 Å². The van der Waals surface area contributed by atoms with Crippen molar-refractivity contribution in [1.82, 2.24) is 9.88 Å². The van der Waals surface area contributed by atoms with Gasteiger partial charge in [-0.15, -0.1) is 0 Å². The van der Waals surface area contributed by atoms with Gasteiger partial charge in [0, 0.05) is 27.9 Å². The van der Waals surface area contributed by atoms with Gasteiger partial charge in [0.15, 0.2) is 0 Å². The lowest BCUT2D eigenvalue weighted by atomic mass is 9.92. The lowest BCUT2D eigenvalue weighted by Gasteiger charge is -2.41. The van der Waals surface area contributed by atoms with E-state index in [4.69, 9.17) is 32.7 Å². The number of hydrogen-bond donors (Lipinski definition) is 0. The zero-order valence-corrected chi connectivity index (χ0v) is 20.3. The van der Waals surface area contributed by atoms with Gasteiger partial charge in [-0.3, -0.25) is 14.7 Å². The van der Waals surface area contributed by atoms with E-state index >= 15 is 4.39 Å². The topological polar surface area (TPSA) is 51.7 Å². The summed E-state index contributed by atoms with van der Waals surface area (Å²) in [6.45, 7) is 0.964. The summed E-state index contributed by atoms with van der Waals surface area (Å²) in [4.78, 5) is 19.6. The minimum atomic E-state index is -1.53. The molecule has 3 aromatic rings. The molecule has 1 fully saturated rings. The van der Waals surface area contributed by atoms with Gasteiger partial charge in [0.2, 0.25) is 5.72 Å². The molecule has 0 saturated carbocycles. The average Bonchev–Trinajstić information content (AvgIpc) is 3.37. The molecule has 2 atom stereocenters. The third-order valence-corrected chi connectivity index (χ3v) is 6.75. The van der Waals surface area contributed by atoms with Gasteiger partial charge in [-0.1, -0.05) is 51.3 Å². The second-order valence-corrected chi connectivity index (χ2v) is 9.71. The minimum Gasteiger partial charge on any atom is -0.379 e. The van der Waals surface area contributed by atoms with E-state index in [9.17, 15) is 4.79 Å². The molecule has 2 unspecified atom stereocenters. The summed E-state index contributed by atoms with van der Waals surface area (Å²) in [5.41, 5.74) is 0.0379. The van der Waals surface area contributed by atoms with Gasteiger partial charge in [0.05, 0.1) is 41.1 Å². The van der Waals surface area contributed by atoms with Crippen molar-refractivity contribution in [2.24, 2.45) is 0 Å². The summed E-state index contributed by atoms with van der Waals surface area (Å²) in [6.07, 6.45) is 1.81. The number of carbonyl (C=O) groups is 1. The fourth-order valence-electron chi connectivity index (χ4n) is 4.37. The summed E-state index contributed by atoms with van der Waals surface area (Å²) < 4.78 is 28.3. The monoisotopic (exact) mass is 550 g/mol. The van der Waals surface area contributed by atoms with E-state index in [0.717, 1.165) is 0 Å². The van der Waals surface area contributed by atoms with Gasteiger partial charge in [0.1, 0.15) is 5.82 Å². The van der Waals surface area contributed by atoms with Crippen molar-refractivity contribution < 1.29 is 18.7 Å². The number of hydrogen-bond acceptors (Lipinski definition) is 4. The van der Waals surface area contributed by atoms with Gasteiger partial charge >= 0.3 is 0 Å². The molecule has 0 N–H and O–H groups in total. The highest BCUT2D eigenvalue weighted by molar-refractivity contribution is 9.10. The van der Waals surface area contributed by atoms with Gasteiger partial charge in [-0.25, -0.2) is 4.39 Å². The lowest BCUT2D eigenvalue weighted by molar-refractivity contribution is -0.148. The number of pyridine rings is 1. The van der Waals surface area contributed by atoms with Crippen LogP contribution in [0.25, 0.3) is 0 Å². The highest BCUT2D eigenvalue weighted by Crippen LogP contribution is 2.49. The fourth-order valence-corrected chi connectivity index (χ4v) is 5.04. The Morgan fingerprint density at radius 3 is 2.61 bits per heavy atom. The normalized spacial score (nSPS) is 22.1. The van der Waals surface area contributed by atoms with Crippen LogP contribution in [0.1, 0.15) is 33.6 Å². The molecule has 9 heteroatoms. The third-order valence-electron chi connectivity index (χ3n) is 5.82. The van der Waals surface area contributed by atoms with Crippen LogP contribution in [0.5, 0.6) is 0 Å². The Morgan fingerprint density at radius 1 is 1.18 bits per heavy atom. The quantitative estimate of drug-likeness (QED) is 0.393.